The van der Waals surface area contributed by atoms with Gasteiger partial charge in [0, 0.05) is 13.1 Å². The van der Waals surface area contributed by atoms with Gasteiger partial charge in [0.1, 0.15) is 24.1 Å². The second-order valence-electron chi connectivity index (χ2n) is 9.56. The molecule has 2 amide bonds. The second-order valence-corrected chi connectivity index (χ2v) is 9.56. The van der Waals surface area contributed by atoms with Crippen molar-refractivity contribution < 1.29 is 28.5 Å². The first-order chi connectivity index (χ1) is 20.1. The van der Waals surface area contributed by atoms with E-state index >= 15 is 0 Å². The van der Waals surface area contributed by atoms with Gasteiger partial charge >= 0.3 is 0 Å². The number of methoxy groups -OCH3 is 2. The van der Waals surface area contributed by atoms with Crippen LogP contribution in [0.15, 0.2) is 103 Å². The van der Waals surface area contributed by atoms with Crippen molar-refractivity contribution in [2.75, 3.05) is 20.8 Å². The van der Waals surface area contributed by atoms with Crippen molar-refractivity contribution in [3.8, 4) is 23.0 Å². The minimum atomic E-state index is -0.951. The molecule has 4 aromatic rings. The molecule has 0 aliphatic carbocycles. The third-order valence-electron chi connectivity index (χ3n) is 6.88. The topological polar surface area (TPSA) is 86.3 Å². The van der Waals surface area contributed by atoms with Crippen LogP contribution in [0.5, 0.6) is 23.0 Å². The molecule has 8 nitrogen and oxygen atoms in total. The van der Waals surface area contributed by atoms with Crippen LogP contribution >= 0.6 is 0 Å². The van der Waals surface area contributed by atoms with Crippen LogP contribution in [0.2, 0.25) is 0 Å². The van der Waals surface area contributed by atoms with Crippen LogP contribution in [0.4, 0.5) is 0 Å². The monoisotopic (exact) mass is 552 g/mol. The van der Waals surface area contributed by atoms with Gasteiger partial charge in [-0.2, -0.15) is 0 Å². The van der Waals surface area contributed by atoms with Gasteiger partial charge in [-0.1, -0.05) is 66.7 Å². The lowest BCUT2D eigenvalue weighted by atomic mass is 10.0. The summed E-state index contributed by atoms with van der Waals surface area (Å²) >= 11 is 0. The number of benzene rings is 4. The normalized spacial score (nSPS) is 14.4. The average Bonchev–Trinajstić information content (AvgIpc) is 3.04. The smallest absolute Gasteiger partial charge is 0.268 e. The van der Waals surface area contributed by atoms with Gasteiger partial charge in [-0.25, -0.2) is 0 Å². The van der Waals surface area contributed by atoms with E-state index in [9.17, 15) is 9.59 Å². The molecule has 41 heavy (non-hydrogen) atoms. The van der Waals surface area contributed by atoms with E-state index in [2.05, 4.69) is 5.32 Å². The maximum atomic E-state index is 14.2. The molecular formula is C33H32N2O6. The van der Waals surface area contributed by atoms with Gasteiger partial charge in [-0.05, 0) is 53.1 Å². The number of nitrogens with one attached hydrogen (secondary N) is 1. The molecular weight excluding hydrogens is 520 g/mol. The van der Waals surface area contributed by atoms with E-state index in [-0.39, 0.29) is 31.5 Å². The van der Waals surface area contributed by atoms with Gasteiger partial charge in [-0.3, -0.25) is 9.59 Å². The largest absolute Gasteiger partial charge is 0.497 e. The molecule has 0 saturated carbocycles. The van der Waals surface area contributed by atoms with Gasteiger partial charge in [0.15, 0.2) is 11.5 Å². The predicted molar refractivity (Wildman–Crippen MR) is 154 cm³/mol. The number of hydrogen-bond donors (Lipinski definition) is 1. The summed E-state index contributed by atoms with van der Waals surface area (Å²) in [5.41, 5.74) is 2.41. The number of nitrogens with zero attached hydrogens (tertiary/aromatic N) is 1. The Kier molecular flexibility index (Phi) is 8.69. The molecule has 1 aliphatic rings. The molecule has 0 unspecified atom stereocenters. The highest BCUT2D eigenvalue weighted by Crippen LogP contribution is 2.33. The minimum Gasteiger partial charge on any atom is -0.497 e. The Morgan fingerprint density at radius 2 is 1.41 bits per heavy atom. The van der Waals surface area contributed by atoms with E-state index in [1.807, 2.05) is 66.7 Å². The fourth-order valence-electron chi connectivity index (χ4n) is 4.69. The third kappa shape index (κ3) is 6.61. The first-order valence-corrected chi connectivity index (χ1v) is 13.3. The Labute approximate surface area is 239 Å². The molecule has 8 heteroatoms. The highest BCUT2D eigenvalue weighted by Gasteiger charge is 2.38. The van der Waals surface area contributed by atoms with Crippen LogP contribution in [-0.4, -0.2) is 43.6 Å². The second kappa shape index (κ2) is 12.9. The van der Waals surface area contributed by atoms with Gasteiger partial charge in [0.2, 0.25) is 12.0 Å². The van der Waals surface area contributed by atoms with E-state index in [0.29, 0.717) is 22.8 Å². The maximum absolute atomic E-state index is 14.2. The van der Waals surface area contributed by atoms with Crippen molar-refractivity contribution in [2.24, 2.45) is 0 Å². The molecule has 0 fully saturated rings. The highest BCUT2D eigenvalue weighted by molar-refractivity contribution is 5.90. The summed E-state index contributed by atoms with van der Waals surface area (Å²) in [6.45, 7) is 0.497. The number of hydrogen-bond acceptors (Lipinski definition) is 6. The van der Waals surface area contributed by atoms with Crippen LogP contribution in [0.25, 0.3) is 0 Å². The molecule has 5 rings (SSSR count). The van der Waals surface area contributed by atoms with Gasteiger partial charge in [-0.15, -0.1) is 0 Å². The van der Waals surface area contributed by atoms with Crippen LogP contribution in [0, 0.1) is 0 Å². The van der Waals surface area contributed by atoms with Crippen molar-refractivity contribution in [2.45, 2.75) is 25.2 Å². The average molecular weight is 553 g/mol. The minimum absolute atomic E-state index is 0.0317. The number of rotatable bonds is 10. The van der Waals surface area contributed by atoms with Crippen molar-refractivity contribution in [1.82, 2.24) is 10.2 Å². The first-order valence-electron chi connectivity index (χ1n) is 13.3. The van der Waals surface area contributed by atoms with Gasteiger partial charge in [0.05, 0.1) is 14.2 Å². The first kappa shape index (κ1) is 27.6. The summed E-state index contributed by atoms with van der Waals surface area (Å²) < 4.78 is 22.5. The fraction of sp³-hybridized carbons (Fsp3) is 0.212. The van der Waals surface area contributed by atoms with Crippen LogP contribution < -0.4 is 24.3 Å². The number of fused-ring (bicyclic) bond motifs is 1. The summed E-state index contributed by atoms with van der Waals surface area (Å²) in [7, 11) is 3.19. The van der Waals surface area contributed by atoms with Crippen molar-refractivity contribution in [3.63, 3.8) is 0 Å². The van der Waals surface area contributed by atoms with Gasteiger partial charge < -0.3 is 29.2 Å². The lowest BCUT2D eigenvalue weighted by molar-refractivity contribution is -0.149. The Morgan fingerprint density at radius 1 is 0.805 bits per heavy atom. The number of carbonyl (C=O) groups is 2. The number of ether oxygens (including phenoxy) is 4. The molecule has 0 aromatic heterocycles. The molecule has 0 radical (unpaired) electrons. The van der Waals surface area contributed by atoms with Gasteiger partial charge in [0.25, 0.3) is 5.91 Å². The zero-order valence-electron chi connectivity index (χ0n) is 23.0. The van der Waals surface area contributed by atoms with Crippen molar-refractivity contribution in [1.29, 1.82) is 0 Å². The van der Waals surface area contributed by atoms with Crippen LogP contribution in [0.1, 0.15) is 22.7 Å². The Bertz CT molecular complexity index is 1460. The standard InChI is InChI=1S/C33H32N2O6/c1-38-26-16-12-23(13-17-26)20-34-32(36)31(25-14-18-27(39-2)19-15-25)35(21-24-8-4-3-5-9-24)33(37)30-22-40-28-10-6-7-11-29(28)41-30/h3-19,30-31H,20-22H2,1-2H3,(H,34,36)/t30-,31+/m1/s1. The van der Waals surface area contributed by atoms with Crippen LogP contribution in [0.3, 0.4) is 0 Å². The lowest BCUT2D eigenvalue weighted by Crippen LogP contribution is -2.50. The summed E-state index contributed by atoms with van der Waals surface area (Å²) in [5, 5.41) is 3.03. The molecule has 0 spiro atoms. The molecule has 2 atom stereocenters. The van der Waals surface area contributed by atoms with E-state index < -0.39 is 12.1 Å². The SMILES string of the molecule is COc1ccc(CNC(=O)[C@H](c2ccc(OC)cc2)N(Cc2ccccc2)C(=O)[C@H]2COc3ccccc3O2)cc1. The predicted octanol–water partition coefficient (Wildman–Crippen LogP) is 4.93. The molecule has 4 aromatic carbocycles. The molecule has 0 bridgehead atoms. The maximum Gasteiger partial charge on any atom is 0.268 e. The highest BCUT2D eigenvalue weighted by atomic mass is 16.6. The number of carbonyl (C=O) groups excluding carboxylic acids is 2. The quantitative estimate of drug-likeness (QED) is 0.300. The summed E-state index contributed by atoms with van der Waals surface area (Å²) in [5.74, 6) is 1.76. The van der Waals surface area contributed by atoms with E-state index in [4.69, 9.17) is 18.9 Å². The summed E-state index contributed by atoms with van der Waals surface area (Å²) in [6.07, 6.45) is -0.927. The molecule has 1 N–H and O–H groups in total. The van der Waals surface area contributed by atoms with Crippen molar-refractivity contribution in [3.05, 3.63) is 120 Å². The van der Waals surface area contributed by atoms with Crippen LogP contribution in [-0.2, 0) is 22.7 Å². The number of para-hydroxylation sites is 2. The summed E-state index contributed by atoms with van der Waals surface area (Å²) in [4.78, 5) is 29.7. The Hall–Kier alpha value is -4.98. The molecule has 210 valence electrons. The van der Waals surface area contributed by atoms with E-state index in [1.54, 1.807) is 55.5 Å². The molecule has 1 heterocycles. The Morgan fingerprint density at radius 3 is 2.07 bits per heavy atom. The third-order valence-corrected chi connectivity index (χ3v) is 6.88. The molecule has 0 saturated heterocycles. The lowest BCUT2D eigenvalue weighted by Gasteiger charge is -2.35. The number of amides is 2. The summed E-state index contributed by atoms with van der Waals surface area (Å²) in [6, 6.07) is 30.5. The fourth-order valence-corrected chi connectivity index (χ4v) is 4.69. The zero-order chi connectivity index (χ0) is 28.6. The van der Waals surface area contributed by atoms with E-state index in [0.717, 1.165) is 16.9 Å². The van der Waals surface area contributed by atoms with E-state index in [1.165, 1.54) is 0 Å². The molecule has 1 aliphatic heterocycles. The Balaban J connectivity index is 1.48. The zero-order valence-corrected chi connectivity index (χ0v) is 23.0. The van der Waals surface area contributed by atoms with Crippen molar-refractivity contribution >= 4 is 11.8 Å².